The number of rotatable bonds is 4. The fourth-order valence-corrected chi connectivity index (χ4v) is 3.03. The highest BCUT2D eigenvalue weighted by Crippen LogP contribution is 2.13. The quantitative estimate of drug-likeness (QED) is 0.890. The first-order chi connectivity index (χ1) is 8.79. The number of thiophene rings is 1. The van der Waals surface area contributed by atoms with Crippen LogP contribution < -0.4 is 5.73 Å². The summed E-state index contributed by atoms with van der Waals surface area (Å²) in [6.07, 6.45) is 1.53. The summed E-state index contributed by atoms with van der Waals surface area (Å²) < 4.78 is 0. The summed E-state index contributed by atoms with van der Waals surface area (Å²) in [6.45, 7) is 5.22. The lowest BCUT2D eigenvalue weighted by Crippen LogP contribution is -2.35. The van der Waals surface area contributed by atoms with E-state index in [9.17, 15) is 4.79 Å². The van der Waals surface area contributed by atoms with Gasteiger partial charge in [-0.3, -0.25) is 9.69 Å². The molecule has 5 heteroatoms. The smallest absolute Gasteiger partial charge is 0.223 e. The van der Waals surface area contributed by atoms with E-state index in [1.807, 2.05) is 4.90 Å². The van der Waals surface area contributed by atoms with Crippen molar-refractivity contribution < 1.29 is 4.79 Å². The first kappa shape index (κ1) is 13.5. The zero-order chi connectivity index (χ0) is 12.8. The van der Waals surface area contributed by atoms with Gasteiger partial charge in [0.15, 0.2) is 0 Å². The maximum absolute atomic E-state index is 11.8. The SMILES string of the molecule is NCCC(=O)N1CCCN(Cc2cccs2)CC1. The first-order valence-electron chi connectivity index (χ1n) is 6.52. The Kier molecular flexibility index (Phi) is 5.16. The molecule has 0 aliphatic carbocycles. The van der Waals surface area contributed by atoms with Gasteiger partial charge in [0.2, 0.25) is 5.91 Å². The number of hydrogen-bond acceptors (Lipinski definition) is 4. The van der Waals surface area contributed by atoms with Crippen LogP contribution in [0.2, 0.25) is 0 Å². The molecule has 0 radical (unpaired) electrons. The maximum atomic E-state index is 11.8. The highest BCUT2D eigenvalue weighted by atomic mass is 32.1. The Labute approximate surface area is 112 Å². The molecule has 0 unspecified atom stereocenters. The van der Waals surface area contributed by atoms with E-state index in [4.69, 9.17) is 5.73 Å². The van der Waals surface area contributed by atoms with Crippen molar-refractivity contribution in [3.05, 3.63) is 22.4 Å². The van der Waals surface area contributed by atoms with Gasteiger partial charge >= 0.3 is 0 Å². The molecular weight excluding hydrogens is 246 g/mol. The van der Waals surface area contributed by atoms with Gasteiger partial charge in [-0.1, -0.05) is 6.07 Å². The standard InChI is InChI=1S/C13H21N3OS/c14-5-4-13(17)16-7-2-6-15(8-9-16)11-12-3-1-10-18-12/h1,3,10H,2,4-9,11,14H2. The van der Waals surface area contributed by atoms with Crippen LogP contribution in [0.15, 0.2) is 17.5 Å². The lowest BCUT2D eigenvalue weighted by molar-refractivity contribution is -0.130. The van der Waals surface area contributed by atoms with E-state index >= 15 is 0 Å². The van der Waals surface area contributed by atoms with Crippen molar-refractivity contribution >= 4 is 17.2 Å². The Morgan fingerprint density at radius 3 is 2.94 bits per heavy atom. The summed E-state index contributed by atoms with van der Waals surface area (Å²) in [6, 6.07) is 4.27. The average Bonchev–Trinajstić information content (AvgIpc) is 2.74. The van der Waals surface area contributed by atoms with Crippen LogP contribution in [0.5, 0.6) is 0 Å². The Morgan fingerprint density at radius 1 is 1.33 bits per heavy atom. The van der Waals surface area contributed by atoms with Crippen molar-refractivity contribution in [1.82, 2.24) is 9.80 Å². The van der Waals surface area contributed by atoms with Gasteiger partial charge in [0.25, 0.3) is 0 Å². The van der Waals surface area contributed by atoms with E-state index < -0.39 is 0 Å². The molecule has 0 saturated carbocycles. The lowest BCUT2D eigenvalue weighted by atomic mass is 10.3. The summed E-state index contributed by atoms with van der Waals surface area (Å²) in [5.41, 5.74) is 5.44. The summed E-state index contributed by atoms with van der Waals surface area (Å²) in [5, 5.41) is 2.12. The van der Waals surface area contributed by atoms with E-state index in [-0.39, 0.29) is 5.91 Å². The number of carbonyl (C=O) groups excluding carboxylic acids is 1. The second-order valence-electron chi connectivity index (χ2n) is 4.63. The zero-order valence-corrected chi connectivity index (χ0v) is 11.5. The van der Waals surface area contributed by atoms with Gasteiger partial charge in [-0.2, -0.15) is 0 Å². The molecular formula is C13H21N3OS. The second-order valence-corrected chi connectivity index (χ2v) is 5.66. The number of nitrogens with zero attached hydrogens (tertiary/aromatic N) is 2. The molecule has 18 heavy (non-hydrogen) atoms. The minimum atomic E-state index is 0.204. The fourth-order valence-electron chi connectivity index (χ4n) is 2.28. The van der Waals surface area contributed by atoms with Crippen LogP contribution >= 0.6 is 11.3 Å². The molecule has 1 amide bonds. The van der Waals surface area contributed by atoms with Gasteiger partial charge in [-0.15, -0.1) is 11.3 Å². The minimum Gasteiger partial charge on any atom is -0.341 e. The average molecular weight is 267 g/mol. The van der Waals surface area contributed by atoms with Gasteiger partial charge < -0.3 is 10.6 Å². The molecule has 1 fully saturated rings. The third-order valence-electron chi connectivity index (χ3n) is 3.26. The summed E-state index contributed by atoms with van der Waals surface area (Å²) >= 11 is 1.80. The maximum Gasteiger partial charge on any atom is 0.223 e. The molecule has 0 aromatic carbocycles. The molecule has 2 N–H and O–H groups in total. The molecule has 2 rings (SSSR count). The van der Waals surface area contributed by atoms with Crippen LogP contribution in [0.3, 0.4) is 0 Å². The Balaban J connectivity index is 1.82. The van der Waals surface area contributed by atoms with Crippen molar-refractivity contribution in [2.45, 2.75) is 19.4 Å². The van der Waals surface area contributed by atoms with E-state index in [2.05, 4.69) is 22.4 Å². The summed E-state index contributed by atoms with van der Waals surface area (Å²) in [7, 11) is 0. The molecule has 4 nitrogen and oxygen atoms in total. The minimum absolute atomic E-state index is 0.204. The van der Waals surface area contributed by atoms with Crippen LogP contribution in [0.4, 0.5) is 0 Å². The van der Waals surface area contributed by atoms with E-state index in [0.717, 1.165) is 39.1 Å². The van der Waals surface area contributed by atoms with Gasteiger partial charge in [-0.25, -0.2) is 0 Å². The Morgan fingerprint density at radius 2 is 2.22 bits per heavy atom. The molecule has 2 heterocycles. The van der Waals surface area contributed by atoms with Crippen LogP contribution in [0.1, 0.15) is 17.7 Å². The number of carbonyl (C=O) groups is 1. The van der Waals surface area contributed by atoms with E-state index in [1.54, 1.807) is 11.3 Å². The number of hydrogen-bond donors (Lipinski definition) is 1. The molecule has 0 atom stereocenters. The fraction of sp³-hybridized carbons (Fsp3) is 0.615. The van der Waals surface area contributed by atoms with Crippen molar-refractivity contribution in [2.24, 2.45) is 5.73 Å². The van der Waals surface area contributed by atoms with Crippen molar-refractivity contribution in [2.75, 3.05) is 32.7 Å². The van der Waals surface area contributed by atoms with Crippen molar-refractivity contribution in [1.29, 1.82) is 0 Å². The highest BCUT2D eigenvalue weighted by molar-refractivity contribution is 7.09. The number of nitrogens with two attached hydrogens (primary N) is 1. The number of amides is 1. The zero-order valence-electron chi connectivity index (χ0n) is 10.7. The van der Waals surface area contributed by atoms with Crippen LogP contribution in [0, 0.1) is 0 Å². The molecule has 1 aromatic heterocycles. The van der Waals surface area contributed by atoms with E-state index in [0.29, 0.717) is 13.0 Å². The highest BCUT2D eigenvalue weighted by Gasteiger charge is 2.18. The van der Waals surface area contributed by atoms with Crippen molar-refractivity contribution in [3.63, 3.8) is 0 Å². The third-order valence-corrected chi connectivity index (χ3v) is 4.12. The molecule has 1 aromatic rings. The van der Waals surface area contributed by atoms with Crippen LogP contribution in [-0.2, 0) is 11.3 Å². The molecule has 0 bridgehead atoms. The largest absolute Gasteiger partial charge is 0.341 e. The Hall–Kier alpha value is -0.910. The molecule has 100 valence electrons. The predicted molar refractivity (Wildman–Crippen MR) is 74.5 cm³/mol. The molecule has 0 spiro atoms. The first-order valence-corrected chi connectivity index (χ1v) is 7.40. The summed E-state index contributed by atoms with van der Waals surface area (Å²) in [4.78, 5) is 17.6. The second kappa shape index (κ2) is 6.87. The van der Waals surface area contributed by atoms with Gasteiger partial charge in [0.1, 0.15) is 0 Å². The summed E-state index contributed by atoms with van der Waals surface area (Å²) in [5.74, 6) is 0.204. The molecule has 1 aliphatic rings. The van der Waals surface area contributed by atoms with Crippen LogP contribution in [0.25, 0.3) is 0 Å². The topological polar surface area (TPSA) is 49.6 Å². The predicted octanol–water partition coefficient (Wildman–Crippen LogP) is 1.13. The van der Waals surface area contributed by atoms with Gasteiger partial charge in [-0.05, 0) is 17.9 Å². The normalized spacial score (nSPS) is 17.7. The van der Waals surface area contributed by atoms with Crippen molar-refractivity contribution in [3.8, 4) is 0 Å². The Bertz CT molecular complexity index is 366. The third kappa shape index (κ3) is 3.80. The molecule has 1 aliphatic heterocycles. The van der Waals surface area contributed by atoms with Gasteiger partial charge in [0.05, 0.1) is 0 Å². The van der Waals surface area contributed by atoms with E-state index in [1.165, 1.54) is 4.88 Å². The molecule has 1 saturated heterocycles. The lowest BCUT2D eigenvalue weighted by Gasteiger charge is -2.21. The monoisotopic (exact) mass is 267 g/mol. The van der Waals surface area contributed by atoms with Crippen LogP contribution in [-0.4, -0.2) is 48.4 Å². The van der Waals surface area contributed by atoms with Gasteiger partial charge in [0, 0.05) is 50.6 Å².